The maximum Gasteiger partial charge on any atom is 0.282 e. The molecule has 4 rings (SSSR count). The standard InChI is InChI=1S/C26H22BrClFN3O2/c1-2-3-4-25-31-23-11-7-19(27)14-22(23)26(33)32(25)30-15-18-13-20(28)8-12-24(18)34-16-17-5-9-21(29)10-6-17/h5-15H,2-4,16H2,1H3. The van der Waals surface area contributed by atoms with Crippen LogP contribution in [-0.4, -0.2) is 15.9 Å². The first-order valence-electron chi connectivity index (χ1n) is 10.9. The van der Waals surface area contributed by atoms with Crippen molar-refractivity contribution in [1.82, 2.24) is 9.66 Å². The SMILES string of the molecule is CCCCc1nc2ccc(Br)cc2c(=O)n1N=Cc1cc(Cl)ccc1OCc1ccc(F)cc1. The van der Waals surface area contributed by atoms with Gasteiger partial charge in [0.25, 0.3) is 5.56 Å². The molecular weight excluding hydrogens is 521 g/mol. The third-order valence-electron chi connectivity index (χ3n) is 5.22. The van der Waals surface area contributed by atoms with E-state index in [2.05, 4.69) is 28.0 Å². The van der Waals surface area contributed by atoms with Crippen LogP contribution in [0, 0.1) is 5.82 Å². The highest BCUT2D eigenvalue weighted by molar-refractivity contribution is 9.10. The number of fused-ring (bicyclic) bond motifs is 1. The molecule has 4 aromatic rings. The van der Waals surface area contributed by atoms with E-state index in [-0.39, 0.29) is 18.0 Å². The van der Waals surface area contributed by atoms with Crippen LogP contribution >= 0.6 is 27.5 Å². The van der Waals surface area contributed by atoms with E-state index in [1.807, 2.05) is 12.1 Å². The van der Waals surface area contributed by atoms with Gasteiger partial charge in [-0.15, -0.1) is 0 Å². The highest BCUT2D eigenvalue weighted by atomic mass is 79.9. The van der Waals surface area contributed by atoms with Crippen LogP contribution in [0.2, 0.25) is 5.02 Å². The molecule has 0 atom stereocenters. The molecule has 0 saturated heterocycles. The summed E-state index contributed by atoms with van der Waals surface area (Å²) in [5.74, 6) is 0.828. The second-order valence-corrected chi connectivity index (χ2v) is 9.10. The van der Waals surface area contributed by atoms with Gasteiger partial charge in [-0.25, -0.2) is 9.37 Å². The first-order valence-corrected chi connectivity index (χ1v) is 12.0. The molecule has 1 aromatic heterocycles. The topological polar surface area (TPSA) is 56.5 Å². The Hall–Kier alpha value is -3.03. The zero-order valence-electron chi connectivity index (χ0n) is 18.5. The molecular formula is C26H22BrClFN3O2. The molecule has 1 heterocycles. The highest BCUT2D eigenvalue weighted by Gasteiger charge is 2.12. The van der Waals surface area contributed by atoms with Gasteiger partial charge >= 0.3 is 0 Å². The molecule has 34 heavy (non-hydrogen) atoms. The predicted octanol–water partition coefficient (Wildman–Crippen LogP) is 6.76. The largest absolute Gasteiger partial charge is 0.488 e. The van der Waals surface area contributed by atoms with Crippen molar-refractivity contribution < 1.29 is 9.13 Å². The van der Waals surface area contributed by atoms with E-state index >= 15 is 0 Å². The molecule has 0 unspecified atom stereocenters. The summed E-state index contributed by atoms with van der Waals surface area (Å²) in [7, 11) is 0. The van der Waals surface area contributed by atoms with Gasteiger partial charge in [-0.2, -0.15) is 9.78 Å². The summed E-state index contributed by atoms with van der Waals surface area (Å²) in [4.78, 5) is 18.0. The minimum atomic E-state index is -0.302. The van der Waals surface area contributed by atoms with E-state index in [1.54, 1.807) is 42.6 Å². The smallest absolute Gasteiger partial charge is 0.282 e. The fourth-order valence-corrected chi connectivity index (χ4v) is 3.97. The Bertz CT molecular complexity index is 1400. The molecule has 0 amide bonds. The molecule has 0 bridgehead atoms. The summed E-state index contributed by atoms with van der Waals surface area (Å²) >= 11 is 9.63. The van der Waals surface area contributed by atoms with Crippen LogP contribution in [0.1, 0.15) is 36.7 Å². The van der Waals surface area contributed by atoms with Crippen molar-refractivity contribution in [2.75, 3.05) is 0 Å². The first kappa shape index (κ1) is 24.1. The molecule has 0 aliphatic rings. The van der Waals surface area contributed by atoms with E-state index in [0.29, 0.717) is 39.5 Å². The summed E-state index contributed by atoms with van der Waals surface area (Å²) in [6.45, 7) is 2.33. The summed E-state index contributed by atoms with van der Waals surface area (Å²) in [6.07, 6.45) is 4.02. The number of nitrogens with zero attached hydrogens (tertiary/aromatic N) is 3. The number of ether oxygens (including phenoxy) is 1. The zero-order valence-corrected chi connectivity index (χ0v) is 20.8. The van der Waals surface area contributed by atoms with Gasteiger partial charge in [-0.1, -0.05) is 53.0 Å². The van der Waals surface area contributed by atoms with E-state index in [0.717, 1.165) is 22.9 Å². The molecule has 0 aliphatic heterocycles. The summed E-state index contributed by atoms with van der Waals surface area (Å²) in [5.41, 5.74) is 1.82. The molecule has 5 nitrogen and oxygen atoms in total. The van der Waals surface area contributed by atoms with Gasteiger partial charge in [0.05, 0.1) is 17.1 Å². The predicted molar refractivity (Wildman–Crippen MR) is 137 cm³/mol. The third kappa shape index (κ3) is 5.72. The van der Waals surface area contributed by atoms with Crippen molar-refractivity contribution in [3.8, 4) is 5.75 Å². The van der Waals surface area contributed by atoms with Crippen molar-refractivity contribution >= 4 is 44.6 Å². The Balaban J connectivity index is 1.70. The molecule has 0 spiro atoms. The second kappa shape index (κ2) is 10.9. The summed E-state index contributed by atoms with van der Waals surface area (Å²) < 4.78 is 21.2. The van der Waals surface area contributed by atoms with Gasteiger partial charge in [0.1, 0.15) is 24.0 Å². The lowest BCUT2D eigenvalue weighted by Gasteiger charge is -2.11. The van der Waals surface area contributed by atoms with Crippen LogP contribution in [0.15, 0.2) is 75.0 Å². The molecule has 174 valence electrons. The van der Waals surface area contributed by atoms with Crippen molar-refractivity contribution in [3.05, 3.63) is 103 Å². The normalized spacial score (nSPS) is 11.4. The van der Waals surface area contributed by atoms with Gasteiger partial charge in [0.15, 0.2) is 0 Å². The number of halogens is 3. The van der Waals surface area contributed by atoms with Crippen LogP contribution in [0.4, 0.5) is 4.39 Å². The van der Waals surface area contributed by atoms with Crippen molar-refractivity contribution in [2.45, 2.75) is 32.8 Å². The minimum Gasteiger partial charge on any atom is -0.488 e. The number of hydrogen-bond donors (Lipinski definition) is 0. The molecule has 0 radical (unpaired) electrons. The summed E-state index contributed by atoms with van der Waals surface area (Å²) in [5, 5.41) is 5.48. The number of hydrogen-bond acceptors (Lipinski definition) is 4. The lowest BCUT2D eigenvalue weighted by atomic mass is 10.2. The maximum absolute atomic E-state index is 13.3. The molecule has 0 saturated carbocycles. The van der Waals surface area contributed by atoms with E-state index < -0.39 is 0 Å². The van der Waals surface area contributed by atoms with Gasteiger partial charge in [0, 0.05) is 21.5 Å². The van der Waals surface area contributed by atoms with Gasteiger partial charge in [0.2, 0.25) is 0 Å². The summed E-state index contributed by atoms with van der Waals surface area (Å²) in [6, 6.07) is 16.7. The van der Waals surface area contributed by atoms with E-state index in [9.17, 15) is 9.18 Å². The second-order valence-electron chi connectivity index (χ2n) is 7.75. The molecule has 0 aliphatic carbocycles. The zero-order chi connectivity index (χ0) is 24.1. The number of aromatic nitrogens is 2. The van der Waals surface area contributed by atoms with Crippen molar-refractivity contribution in [2.24, 2.45) is 5.10 Å². The average molecular weight is 543 g/mol. The molecule has 0 N–H and O–H groups in total. The Morgan fingerprint density at radius 1 is 1.15 bits per heavy atom. The monoisotopic (exact) mass is 541 g/mol. The van der Waals surface area contributed by atoms with E-state index in [1.165, 1.54) is 16.8 Å². The number of unbranched alkanes of at least 4 members (excludes halogenated alkanes) is 1. The highest BCUT2D eigenvalue weighted by Crippen LogP contribution is 2.23. The Kier molecular flexibility index (Phi) is 7.75. The van der Waals surface area contributed by atoms with Crippen molar-refractivity contribution in [1.29, 1.82) is 0 Å². The Morgan fingerprint density at radius 3 is 2.71 bits per heavy atom. The van der Waals surface area contributed by atoms with Gasteiger partial charge in [-0.3, -0.25) is 4.79 Å². The molecule has 3 aromatic carbocycles. The Labute approximate surface area is 210 Å². The lowest BCUT2D eigenvalue weighted by Crippen LogP contribution is -2.22. The minimum absolute atomic E-state index is 0.246. The Morgan fingerprint density at radius 2 is 1.94 bits per heavy atom. The van der Waals surface area contributed by atoms with Crippen molar-refractivity contribution in [3.63, 3.8) is 0 Å². The number of rotatable bonds is 8. The fourth-order valence-electron chi connectivity index (χ4n) is 3.42. The van der Waals surface area contributed by atoms with Crippen LogP contribution in [0.25, 0.3) is 10.9 Å². The van der Waals surface area contributed by atoms with Gasteiger partial charge in [-0.05, 0) is 60.5 Å². The van der Waals surface area contributed by atoms with Crippen LogP contribution in [-0.2, 0) is 13.0 Å². The average Bonchev–Trinajstić information content (AvgIpc) is 2.83. The fraction of sp³-hybridized carbons (Fsp3) is 0.192. The van der Waals surface area contributed by atoms with E-state index in [4.69, 9.17) is 21.3 Å². The third-order valence-corrected chi connectivity index (χ3v) is 5.95. The lowest BCUT2D eigenvalue weighted by molar-refractivity contribution is 0.305. The first-order chi connectivity index (χ1) is 16.4. The van der Waals surface area contributed by atoms with Gasteiger partial charge < -0.3 is 4.74 Å². The number of benzene rings is 3. The molecule has 0 fully saturated rings. The molecule has 8 heteroatoms. The van der Waals surface area contributed by atoms with Crippen LogP contribution in [0.5, 0.6) is 5.75 Å². The number of aryl methyl sites for hydroxylation is 1. The van der Waals surface area contributed by atoms with Crippen LogP contribution < -0.4 is 10.3 Å². The maximum atomic E-state index is 13.3. The van der Waals surface area contributed by atoms with Crippen LogP contribution in [0.3, 0.4) is 0 Å². The quantitative estimate of drug-likeness (QED) is 0.231.